The number of allylic oxidation sites excluding steroid dienone is 1. The number of fused-ring (bicyclic) bond motifs is 1. The molecule has 1 amide bonds. The lowest BCUT2D eigenvalue weighted by Gasteiger charge is -2.09. The van der Waals surface area contributed by atoms with E-state index in [1.54, 1.807) is 48.5 Å². The van der Waals surface area contributed by atoms with Crippen LogP contribution in [0.4, 0.5) is 5.69 Å². The Bertz CT molecular complexity index is 1420. The highest BCUT2D eigenvalue weighted by molar-refractivity contribution is 6.10. The van der Waals surface area contributed by atoms with Crippen molar-refractivity contribution in [2.24, 2.45) is 5.16 Å². The first-order valence-corrected chi connectivity index (χ1v) is 10.5. The van der Waals surface area contributed by atoms with Crippen molar-refractivity contribution in [3.63, 3.8) is 0 Å². The highest BCUT2D eigenvalue weighted by Crippen LogP contribution is 2.22. The molecule has 0 fully saturated rings. The van der Waals surface area contributed by atoms with E-state index < -0.39 is 5.63 Å². The molecular weight excluding hydrogens is 432 g/mol. The SMILES string of the molecule is Cc1cc(=O)oc2cc(OCC(=O)Nc3ccc(C(C=Cc4ccccc4)=NO)cc3)ccc12. The van der Waals surface area contributed by atoms with Crippen LogP contribution in [0.3, 0.4) is 0 Å². The van der Waals surface area contributed by atoms with E-state index in [9.17, 15) is 14.8 Å². The average molecular weight is 454 g/mol. The molecule has 1 aromatic heterocycles. The van der Waals surface area contributed by atoms with E-state index in [1.807, 2.05) is 43.3 Å². The van der Waals surface area contributed by atoms with Crippen LogP contribution in [0, 0.1) is 6.92 Å². The Morgan fingerprint density at radius 3 is 2.56 bits per heavy atom. The minimum Gasteiger partial charge on any atom is -0.484 e. The van der Waals surface area contributed by atoms with Crippen molar-refractivity contribution in [3.8, 4) is 5.75 Å². The lowest BCUT2D eigenvalue weighted by molar-refractivity contribution is -0.118. The molecule has 0 radical (unpaired) electrons. The van der Waals surface area contributed by atoms with Crippen LogP contribution >= 0.6 is 0 Å². The van der Waals surface area contributed by atoms with Crippen molar-refractivity contribution in [2.75, 3.05) is 11.9 Å². The molecule has 0 saturated heterocycles. The quantitative estimate of drug-likeness (QED) is 0.177. The number of nitrogens with zero attached hydrogens (tertiary/aromatic N) is 1. The first kappa shape index (κ1) is 22.5. The molecule has 7 nitrogen and oxygen atoms in total. The number of hydrogen-bond donors (Lipinski definition) is 2. The first-order chi connectivity index (χ1) is 16.5. The molecule has 4 rings (SSSR count). The third-order valence-electron chi connectivity index (χ3n) is 5.10. The van der Waals surface area contributed by atoms with Crippen molar-refractivity contribution >= 4 is 34.4 Å². The predicted octanol–water partition coefficient (Wildman–Crippen LogP) is 5.01. The maximum atomic E-state index is 12.3. The standard InChI is InChI=1S/C27H22N2O5/c1-18-15-27(31)34-25-16-22(12-13-23(18)25)33-17-26(30)28-21-10-8-20(9-11-21)24(29-32)14-7-19-5-3-2-4-6-19/h2-16,32H,17H2,1H3,(H,28,30). The molecule has 170 valence electrons. The second-order valence-corrected chi connectivity index (χ2v) is 7.55. The molecule has 4 aromatic rings. The fourth-order valence-corrected chi connectivity index (χ4v) is 3.39. The minimum absolute atomic E-state index is 0.216. The summed E-state index contributed by atoms with van der Waals surface area (Å²) >= 11 is 0. The van der Waals surface area contributed by atoms with Crippen molar-refractivity contribution in [2.45, 2.75) is 6.92 Å². The van der Waals surface area contributed by atoms with Crippen molar-refractivity contribution in [1.82, 2.24) is 0 Å². The zero-order valence-corrected chi connectivity index (χ0v) is 18.4. The second kappa shape index (κ2) is 10.3. The number of oxime groups is 1. The molecule has 0 aliphatic heterocycles. The lowest BCUT2D eigenvalue weighted by Crippen LogP contribution is -2.20. The number of benzene rings is 3. The molecule has 34 heavy (non-hydrogen) atoms. The summed E-state index contributed by atoms with van der Waals surface area (Å²) in [7, 11) is 0. The molecule has 0 atom stereocenters. The Hall–Kier alpha value is -4.65. The van der Waals surface area contributed by atoms with Crippen LogP contribution in [-0.2, 0) is 4.79 Å². The summed E-state index contributed by atoms with van der Waals surface area (Å²) in [6.07, 6.45) is 3.56. The highest BCUT2D eigenvalue weighted by atomic mass is 16.5. The van der Waals surface area contributed by atoms with Gasteiger partial charge in [-0.3, -0.25) is 4.79 Å². The van der Waals surface area contributed by atoms with Crippen LogP contribution in [0.15, 0.2) is 99.3 Å². The van der Waals surface area contributed by atoms with Crippen LogP contribution < -0.4 is 15.7 Å². The fraction of sp³-hybridized carbons (Fsp3) is 0.0741. The molecule has 0 aliphatic rings. The Morgan fingerprint density at radius 2 is 1.82 bits per heavy atom. The van der Waals surface area contributed by atoms with Gasteiger partial charge in [0.25, 0.3) is 5.91 Å². The van der Waals surface area contributed by atoms with Crippen molar-refractivity contribution in [3.05, 3.63) is 112 Å². The van der Waals surface area contributed by atoms with E-state index in [0.29, 0.717) is 28.3 Å². The number of amides is 1. The van der Waals surface area contributed by atoms with Gasteiger partial charge in [0, 0.05) is 28.8 Å². The average Bonchev–Trinajstić information content (AvgIpc) is 2.84. The number of carbonyl (C=O) groups excluding carboxylic acids is 1. The van der Waals surface area contributed by atoms with Gasteiger partial charge >= 0.3 is 5.63 Å². The molecule has 0 spiro atoms. The summed E-state index contributed by atoms with van der Waals surface area (Å²) in [4.78, 5) is 23.9. The van der Waals surface area contributed by atoms with Gasteiger partial charge in [-0.15, -0.1) is 0 Å². The highest BCUT2D eigenvalue weighted by Gasteiger charge is 2.08. The van der Waals surface area contributed by atoms with Crippen LogP contribution in [0.5, 0.6) is 5.75 Å². The summed E-state index contributed by atoms with van der Waals surface area (Å²) < 4.78 is 10.7. The van der Waals surface area contributed by atoms with E-state index in [-0.39, 0.29) is 12.5 Å². The second-order valence-electron chi connectivity index (χ2n) is 7.55. The summed E-state index contributed by atoms with van der Waals surface area (Å²) in [5.41, 5.74) is 3.41. The molecule has 2 N–H and O–H groups in total. The van der Waals surface area contributed by atoms with Crippen LogP contribution in [-0.4, -0.2) is 23.4 Å². The van der Waals surface area contributed by atoms with Gasteiger partial charge in [0.05, 0.1) is 0 Å². The molecule has 0 unspecified atom stereocenters. The fourth-order valence-electron chi connectivity index (χ4n) is 3.39. The number of ether oxygens (including phenoxy) is 1. The van der Waals surface area contributed by atoms with Crippen LogP contribution in [0.1, 0.15) is 16.7 Å². The van der Waals surface area contributed by atoms with Gasteiger partial charge in [0.1, 0.15) is 17.0 Å². The number of carbonyl (C=O) groups is 1. The zero-order chi connectivity index (χ0) is 23.9. The predicted molar refractivity (Wildman–Crippen MR) is 132 cm³/mol. The third kappa shape index (κ3) is 5.58. The number of nitrogens with one attached hydrogen (secondary N) is 1. The lowest BCUT2D eigenvalue weighted by atomic mass is 10.1. The van der Waals surface area contributed by atoms with E-state index >= 15 is 0 Å². The van der Waals surface area contributed by atoms with Crippen molar-refractivity contribution < 1.29 is 19.2 Å². The van der Waals surface area contributed by atoms with E-state index in [1.165, 1.54) is 6.07 Å². The monoisotopic (exact) mass is 454 g/mol. The van der Waals surface area contributed by atoms with Gasteiger partial charge in [-0.25, -0.2) is 4.79 Å². The van der Waals surface area contributed by atoms with Gasteiger partial charge in [-0.2, -0.15) is 0 Å². The Kier molecular flexibility index (Phi) is 6.84. The molecule has 0 aliphatic carbocycles. The Morgan fingerprint density at radius 1 is 1.06 bits per heavy atom. The van der Waals surface area contributed by atoms with Crippen molar-refractivity contribution in [1.29, 1.82) is 0 Å². The molecule has 0 saturated carbocycles. The molecule has 0 bridgehead atoms. The van der Waals surface area contributed by atoms with Gasteiger partial charge in [-0.1, -0.05) is 53.7 Å². The zero-order valence-electron chi connectivity index (χ0n) is 18.4. The molecular formula is C27H22N2O5. The van der Waals surface area contributed by atoms with Gasteiger partial charge in [0.2, 0.25) is 0 Å². The van der Waals surface area contributed by atoms with Gasteiger partial charge in [-0.05, 0) is 48.4 Å². The summed E-state index contributed by atoms with van der Waals surface area (Å²) in [5, 5.41) is 16.3. The smallest absolute Gasteiger partial charge is 0.336 e. The van der Waals surface area contributed by atoms with E-state index in [2.05, 4.69) is 10.5 Å². The first-order valence-electron chi connectivity index (χ1n) is 10.5. The topological polar surface area (TPSA) is 101 Å². The Balaban J connectivity index is 1.36. The maximum Gasteiger partial charge on any atom is 0.336 e. The maximum absolute atomic E-state index is 12.3. The van der Waals surface area contributed by atoms with E-state index in [0.717, 1.165) is 16.5 Å². The third-order valence-corrected chi connectivity index (χ3v) is 5.10. The number of hydrogen-bond acceptors (Lipinski definition) is 6. The Labute approximate surface area is 195 Å². The van der Waals surface area contributed by atoms with Crippen LogP contribution in [0.2, 0.25) is 0 Å². The largest absolute Gasteiger partial charge is 0.484 e. The summed E-state index contributed by atoms with van der Waals surface area (Å²) in [5.74, 6) is 0.0688. The molecule has 7 heteroatoms. The minimum atomic E-state index is -0.437. The van der Waals surface area contributed by atoms with Gasteiger partial charge < -0.3 is 19.7 Å². The normalized spacial score (nSPS) is 11.6. The summed E-state index contributed by atoms with van der Waals surface area (Å²) in [6.45, 7) is 1.61. The molecule has 3 aromatic carbocycles. The number of rotatable bonds is 7. The summed E-state index contributed by atoms with van der Waals surface area (Å²) in [6, 6.07) is 23.1. The van der Waals surface area contributed by atoms with Gasteiger partial charge in [0.15, 0.2) is 6.61 Å². The molecule has 1 heterocycles. The van der Waals surface area contributed by atoms with E-state index in [4.69, 9.17) is 9.15 Å². The van der Waals surface area contributed by atoms with Crippen LogP contribution in [0.25, 0.3) is 17.0 Å². The number of anilines is 1. The number of aryl methyl sites for hydroxylation is 1.